The smallest absolute Gasteiger partial charge is 0.128 e. The van der Waals surface area contributed by atoms with E-state index >= 15 is 0 Å². The van der Waals surface area contributed by atoms with Crippen LogP contribution >= 0.6 is 0 Å². The van der Waals surface area contributed by atoms with Gasteiger partial charge < -0.3 is 9.47 Å². The molecule has 3 heteroatoms. The Morgan fingerprint density at radius 1 is 0.692 bits per heavy atom. The lowest BCUT2D eigenvalue weighted by Crippen LogP contribution is -1.94. The number of ether oxygens (including phenoxy) is 2. The summed E-state index contributed by atoms with van der Waals surface area (Å²) in [4.78, 5) is 4.88. The average Bonchev–Trinajstić information content (AvgIpc) is 2.73. The topological polar surface area (TPSA) is 31.4 Å². The minimum Gasteiger partial charge on any atom is -0.497 e. The fraction of sp³-hybridized carbons (Fsp3) is 0.0870. The largest absolute Gasteiger partial charge is 0.497 e. The van der Waals surface area contributed by atoms with E-state index in [1.165, 1.54) is 0 Å². The van der Waals surface area contributed by atoms with Crippen molar-refractivity contribution >= 4 is 10.9 Å². The predicted molar refractivity (Wildman–Crippen MR) is 106 cm³/mol. The van der Waals surface area contributed by atoms with E-state index in [0.29, 0.717) is 0 Å². The van der Waals surface area contributed by atoms with E-state index in [-0.39, 0.29) is 0 Å². The summed E-state index contributed by atoms with van der Waals surface area (Å²) in [6.45, 7) is 0. The van der Waals surface area contributed by atoms with Gasteiger partial charge >= 0.3 is 0 Å². The van der Waals surface area contributed by atoms with Gasteiger partial charge in [0.25, 0.3) is 0 Å². The van der Waals surface area contributed by atoms with E-state index in [4.69, 9.17) is 14.5 Å². The molecule has 0 aliphatic heterocycles. The van der Waals surface area contributed by atoms with Crippen LogP contribution in [0, 0.1) is 0 Å². The molecule has 4 aromatic rings. The van der Waals surface area contributed by atoms with Crippen molar-refractivity contribution in [3.63, 3.8) is 0 Å². The number of benzene rings is 3. The minimum absolute atomic E-state index is 0.771. The summed E-state index contributed by atoms with van der Waals surface area (Å²) in [6.07, 6.45) is 0. The zero-order valence-corrected chi connectivity index (χ0v) is 14.8. The van der Waals surface area contributed by atoms with Gasteiger partial charge in [-0.15, -0.1) is 0 Å². The lowest BCUT2D eigenvalue weighted by atomic mass is 9.98. The molecular weight excluding hydrogens is 322 g/mol. The molecule has 128 valence electrons. The van der Waals surface area contributed by atoms with E-state index in [0.717, 1.165) is 44.8 Å². The molecule has 0 aliphatic rings. The van der Waals surface area contributed by atoms with E-state index < -0.39 is 0 Å². The monoisotopic (exact) mass is 341 g/mol. The molecule has 0 radical (unpaired) electrons. The first kappa shape index (κ1) is 16.2. The van der Waals surface area contributed by atoms with Gasteiger partial charge in [0, 0.05) is 10.9 Å². The maximum atomic E-state index is 5.56. The molecule has 4 rings (SSSR count). The molecule has 0 unspecified atom stereocenters. The molecule has 26 heavy (non-hydrogen) atoms. The summed E-state index contributed by atoms with van der Waals surface area (Å²) in [5, 5.41) is 1.13. The summed E-state index contributed by atoms with van der Waals surface area (Å²) in [7, 11) is 3.33. The van der Waals surface area contributed by atoms with Crippen LogP contribution in [0.3, 0.4) is 0 Å². The molecule has 0 saturated heterocycles. The highest BCUT2D eigenvalue weighted by atomic mass is 16.5. The van der Waals surface area contributed by atoms with Crippen molar-refractivity contribution in [2.45, 2.75) is 0 Å². The predicted octanol–water partition coefficient (Wildman–Crippen LogP) is 5.59. The summed E-state index contributed by atoms with van der Waals surface area (Å²) in [5.41, 5.74) is 5.03. The Balaban J connectivity index is 2.01. The second-order valence-corrected chi connectivity index (χ2v) is 6.00. The maximum absolute atomic E-state index is 5.56. The fourth-order valence-corrected chi connectivity index (χ4v) is 3.18. The first-order valence-electron chi connectivity index (χ1n) is 8.48. The molecule has 3 nitrogen and oxygen atoms in total. The summed E-state index contributed by atoms with van der Waals surface area (Å²) in [5.74, 6) is 1.55. The van der Waals surface area contributed by atoms with Crippen LogP contribution in [0.2, 0.25) is 0 Å². The normalized spacial score (nSPS) is 10.7. The number of hydrogen-bond donors (Lipinski definition) is 0. The molecule has 0 amide bonds. The third kappa shape index (κ3) is 2.88. The SMILES string of the molecule is COc1ccc(OC)c(-c2cc(-c3ccccc3)c3ccccc3n2)c1. The standard InChI is InChI=1S/C23H19NO2/c1-25-17-12-13-23(26-2)20(14-17)22-15-19(16-8-4-3-5-9-16)18-10-6-7-11-21(18)24-22/h3-15H,1-2H3. The Bertz CT molecular complexity index is 1060. The van der Waals surface area contributed by atoms with E-state index in [1.807, 2.05) is 42.5 Å². The van der Waals surface area contributed by atoms with Gasteiger partial charge in [-0.3, -0.25) is 0 Å². The Labute approximate surface area is 152 Å². The Morgan fingerprint density at radius 3 is 2.23 bits per heavy atom. The first-order valence-corrected chi connectivity index (χ1v) is 8.48. The molecule has 0 saturated carbocycles. The van der Waals surface area contributed by atoms with Crippen molar-refractivity contribution in [1.82, 2.24) is 4.98 Å². The average molecular weight is 341 g/mol. The van der Waals surface area contributed by atoms with Gasteiger partial charge in [-0.2, -0.15) is 0 Å². The fourth-order valence-electron chi connectivity index (χ4n) is 3.18. The highest BCUT2D eigenvalue weighted by Crippen LogP contribution is 2.37. The number of fused-ring (bicyclic) bond motifs is 1. The molecule has 0 aliphatic carbocycles. The number of rotatable bonds is 4. The van der Waals surface area contributed by atoms with Gasteiger partial charge in [-0.25, -0.2) is 4.98 Å². The van der Waals surface area contributed by atoms with Gasteiger partial charge in [0.1, 0.15) is 11.5 Å². The van der Waals surface area contributed by atoms with Gasteiger partial charge in [-0.1, -0.05) is 48.5 Å². The van der Waals surface area contributed by atoms with E-state index in [2.05, 4.69) is 36.4 Å². The van der Waals surface area contributed by atoms with Crippen molar-refractivity contribution in [2.75, 3.05) is 14.2 Å². The third-order valence-electron chi connectivity index (χ3n) is 4.48. The molecular formula is C23H19NO2. The van der Waals surface area contributed by atoms with Crippen molar-refractivity contribution in [1.29, 1.82) is 0 Å². The van der Waals surface area contributed by atoms with Gasteiger partial charge in [0.2, 0.25) is 0 Å². The van der Waals surface area contributed by atoms with Gasteiger partial charge in [-0.05, 0) is 41.5 Å². The lowest BCUT2D eigenvalue weighted by Gasteiger charge is -2.13. The van der Waals surface area contributed by atoms with Crippen molar-refractivity contribution < 1.29 is 9.47 Å². The quantitative estimate of drug-likeness (QED) is 0.485. The highest BCUT2D eigenvalue weighted by Gasteiger charge is 2.13. The molecule has 0 fully saturated rings. The number of para-hydroxylation sites is 1. The molecule has 3 aromatic carbocycles. The van der Waals surface area contributed by atoms with E-state index in [1.54, 1.807) is 14.2 Å². The van der Waals surface area contributed by atoms with Crippen LogP contribution in [0.15, 0.2) is 78.9 Å². The first-order chi connectivity index (χ1) is 12.8. The van der Waals surface area contributed by atoms with Gasteiger partial charge in [0.05, 0.1) is 25.4 Å². The van der Waals surface area contributed by atoms with Crippen LogP contribution in [-0.2, 0) is 0 Å². The highest BCUT2D eigenvalue weighted by molar-refractivity contribution is 5.97. The van der Waals surface area contributed by atoms with Gasteiger partial charge in [0.15, 0.2) is 0 Å². The Hall–Kier alpha value is -3.33. The number of nitrogens with zero attached hydrogens (tertiary/aromatic N) is 1. The van der Waals surface area contributed by atoms with Crippen LogP contribution in [0.5, 0.6) is 11.5 Å². The number of aromatic nitrogens is 1. The summed E-state index contributed by atoms with van der Waals surface area (Å²) in [6, 6.07) is 26.5. The second-order valence-electron chi connectivity index (χ2n) is 6.00. The van der Waals surface area contributed by atoms with Crippen LogP contribution in [0.1, 0.15) is 0 Å². The number of methoxy groups -OCH3 is 2. The van der Waals surface area contributed by atoms with Crippen LogP contribution in [0.25, 0.3) is 33.3 Å². The lowest BCUT2D eigenvalue weighted by molar-refractivity contribution is 0.404. The summed E-state index contributed by atoms with van der Waals surface area (Å²) < 4.78 is 11.0. The molecule has 0 bridgehead atoms. The van der Waals surface area contributed by atoms with Crippen LogP contribution < -0.4 is 9.47 Å². The molecule has 1 aromatic heterocycles. The van der Waals surface area contributed by atoms with E-state index in [9.17, 15) is 0 Å². The van der Waals surface area contributed by atoms with Crippen LogP contribution in [0.4, 0.5) is 0 Å². The molecule has 0 spiro atoms. The van der Waals surface area contributed by atoms with Crippen molar-refractivity contribution in [2.24, 2.45) is 0 Å². The van der Waals surface area contributed by atoms with Crippen molar-refractivity contribution in [3.05, 3.63) is 78.9 Å². The maximum Gasteiger partial charge on any atom is 0.128 e. The zero-order valence-electron chi connectivity index (χ0n) is 14.8. The van der Waals surface area contributed by atoms with Crippen LogP contribution in [-0.4, -0.2) is 19.2 Å². The number of hydrogen-bond acceptors (Lipinski definition) is 3. The summed E-state index contributed by atoms with van der Waals surface area (Å²) >= 11 is 0. The van der Waals surface area contributed by atoms with Crippen molar-refractivity contribution in [3.8, 4) is 33.9 Å². The number of pyridine rings is 1. The zero-order chi connectivity index (χ0) is 17.9. The molecule has 1 heterocycles. The Kier molecular flexibility index (Phi) is 4.28. The second kappa shape index (κ2) is 6.89. The third-order valence-corrected chi connectivity index (χ3v) is 4.48. The Morgan fingerprint density at radius 2 is 1.46 bits per heavy atom. The molecule has 0 N–H and O–H groups in total. The molecule has 0 atom stereocenters. The minimum atomic E-state index is 0.771.